The van der Waals surface area contributed by atoms with E-state index in [2.05, 4.69) is 43.8 Å². The Hall–Kier alpha value is -3.71. The van der Waals surface area contributed by atoms with E-state index in [4.69, 9.17) is 4.74 Å². The maximum atomic E-state index is 12.7. The molecule has 1 saturated heterocycles. The summed E-state index contributed by atoms with van der Waals surface area (Å²) in [6, 6.07) is 15.4. The highest BCUT2D eigenvalue weighted by atomic mass is 16.5. The third kappa shape index (κ3) is 3.83. The molecule has 0 aliphatic carbocycles. The number of rotatable bonds is 5. The molecule has 162 valence electrons. The van der Waals surface area contributed by atoms with Gasteiger partial charge in [0.1, 0.15) is 11.6 Å². The molecule has 4 aromatic rings. The summed E-state index contributed by atoms with van der Waals surface area (Å²) >= 11 is 0. The van der Waals surface area contributed by atoms with Crippen molar-refractivity contribution in [3.8, 4) is 17.0 Å². The van der Waals surface area contributed by atoms with Crippen LogP contribution >= 0.6 is 0 Å². The third-order valence-electron chi connectivity index (χ3n) is 6.09. The van der Waals surface area contributed by atoms with Crippen molar-refractivity contribution in [3.05, 3.63) is 78.4 Å². The van der Waals surface area contributed by atoms with Crippen molar-refractivity contribution in [3.63, 3.8) is 0 Å². The fraction of sp³-hybridized carbons (Fsp3) is 0.240. The van der Waals surface area contributed by atoms with E-state index in [1.165, 1.54) is 11.1 Å². The highest BCUT2D eigenvalue weighted by molar-refractivity contribution is 6.04. The number of hydrogen-bond donors (Lipinski definition) is 1. The zero-order valence-corrected chi connectivity index (χ0v) is 18.2. The van der Waals surface area contributed by atoms with Crippen molar-refractivity contribution >= 4 is 17.2 Å². The number of hydrogen-bond acceptors (Lipinski definition) is 5. The molecule has 4 heterocycles. The lowest BCUT2D eigenvalue weighted by Gasteiger charge is -2.09. The average molecular weight is 428 g/mol. The van der Waals surface area contributed by atoms with Gasteiger partial charge in [0.25, 0.3) is 5.91 Å². The van der Waals surface area contributed by atoms with Gasteiger partial charge in [-0.05, 0) is 67.4 Å². The molecule has 3 aromatic heterocycles. The van der Waals surface area contributed by atoms with Crippen LogP contribution in [-0.2, 0) is 0 Å². The van der Waals surface area contributed by atoms with E-state index in [9.17, 15) is 4.79 Å². The number of carbonyl (C=O) groups is 1. The van der Waals surface area contributed by atoms with E-state index in [1.807, 2.05) is 36.8 Å². The van der Waals surface area contributed by atoms with Crippen LogP contribution in [0, 0.1) is 0 Å². The third-order valence-corrected chi connectivity index (χ3v) is 6.09. The lowest BCUT2D eigenvalue weighted by atomic mass is 9.98. The van der Waals surface area contributed by atoms with Gasteiger partial charge in [-0.25, -0.2) is 9.97 Å². The van der Waals surface area contributed by atoms with Crippen molar-refractivity contribution in [1.82, 2.24) is 19.3 Å². The zero-order valence-electron chi connectivity index (χ0n) is 18.2. The normalized spacial score (nSPS) is 16.4. The van der Waals surface area contributed by atoms with E-state index in [0.717, 1.165) is 30.8 Å². The van der Waals surface area contributed by atoms with Crippen molar-refractivity contribution in [2.75, 3.05) is 32.6 Å². The van der Waals surface area contributed by atoms with Crippen molar-refractivity contribution < 1.29 is 9.53 Å². The largest absolute Gasteiger partial charge is 0.497 e. The van der Waals surface area contributed by atoms with Crippen LogP contribution in [0.4, 0.5) is 5.82 Å². The van der Waals surface area contributed by atoms with Gasteiger partial charge in [-0.15, -0.1) is 0 Å². The topological polar surface area (TPSA) is 71.8 Å². The molecule has 1 aliphatic heterocycles. The van der Waals surface area contributed by atoms with Crippen LogP contribution in [0.15, 0.2) is 67.3 Å². The number of nitrogens with zero attached hydrogens (tertiary/aromatic N) is 4. The first-order valence-electron chi connectivity index (χ1n) is 10.7. The minimum atomic E-state index is -0.214. The molecular weight excluding hydrogens is 402 g/mol. The van der Waals surface area contributed by atoms with Gasteiger partial charge in [-0.2, -0.15) is 0 Å². The maximum absolute atomic E-state index is 12.7. The van der Waals surface area contributed by atoms with Crippen molar-refractivity contribution in [2.24, 2.45) is 0 Å². The number of aromatic nitrogens is 3. The Morgan fingerprint density at radius 1 is 1.12 bits per heavy atom. The average Bonchev–Trinajstić information content (AvgIpc) is 3.43. The molecule has 7 nitrogen and oxygen atoms in total. The maximum Gasteiger partial charge on any atom is 0.256 e. The lowest BCUT2D eigenvalue weighted by molar-refractivity contribution is 0.102. The molecule has 32 heavy (non-hydrogen) atoms. The van der Waals surface area contributed by atoms with Gasteiger partial charge in [-0.1, -0.05) is 12.1 Å². The number of likely N-dealkylation sites (N-methyl/N-ethyl adjacent to an activating group) is 1. The molecule has 0 saturated carbocycles. The fourth-order valence-corrected chi connectivity index (χ4v) is 4.40. The number of likely N-dealkylation sites (tertiary alicyclic amines) is 1. The Morgan fingerprint density at radius 2 is 1.97 bits per heavy atom. The van der Waals surface area contributed by atoms with Crippen LogP contribution in [0.25, 0.3) is 16.8 Å². The number of carbonyl (C=O) groups excluding carboxylic acids is 1. The number of anilines is 1. The number of nitrogens with one attached hydrogen (secondary N) is 1. The summed E-state index contributed by atoms with van der Waals surface area (Å²) in [5.41, 5.74) is 5.25. The number of benzene rings is 1. The number of pyridine rings is 1. The van der Waals surface area contributed by atoms with Crippen LogP contribution in [0.3, 0.4) is 0 Å². The quantitative estimate of drug-likeness (QED) is 0.520. The summed E-state index contributed by atoms with van der Waals surface area (Å²) in [5, 5.41) is 2.82. The summed E-state index contributed by atoms with van der Waals surface area (Å²) in [4.78, 5) is 23.5. The summed E-state index contributed by atoms with van der Waals surface area (Å²) in [5.74, 6) is 1.40. The summed E-state index contributed by atoms with van der Waals surface area (Å²) < 4.78 is 7.33. The minimum absolute atomic E-state index is 0.214. The number of fused-ring (bicyclic) bond motifs is 1. The van der Waals surface area contributed by atoms with Crippen LogP contribution in [-0.4, -0.2) is 52.4 Å². The Kier molecular flexibility index (Phi) is 5.33. The molecule has 1 aliphatic rings. The first kappa shape index (κ1) is 20.2. The Morgan fingerprint density at radius 3 is 2.72 bits per heavy atom. The summed E-state index contributed by atoms with van der Waals surface area (Å²) in [6.45, 7) is 2.19. The summed E-state index contributed by atoms with van der Waals surface area (Å²) in [6.07, 6.45) is 6.47. The fourth-order valence-electron chi connectivity index (χ4n) is 4.40. The minimum Gasteiger partial charge on any atom is -0.497 e. The number of amides is 1. The lowest BCUT2D eigenvalue weighted by Crippen LogP contribution is -2.13. The van der Waals surface area contributed by atoms with E-state index >= 15 is 0 Å². The molecule has 1 fully saturated rings. The molecule has 1 atom stereocenters. The SMILES string of the molecule is COc1ccnc(NC(=O)c2ccc(-c3cc(C4CCN(C)C4)c4ccncn34)cc2)c1. The molecule has 1 amide bonds. The van der Waals surface area contributed by atoms with E-state index in [1.54, 1.807) is 25.4 Å². The monoisotopic (exact) mass is 427 g/mol. The number of methoxy groups -OCH3 is 1. The van der Waals surface area contributed by atoms with Gasteiger partial charge < -0.3 is 19.4 Å². The molecule has 0 radical (unpaired) electrons. The van der Waals surface area contributed by atoms with E-state index in [-0.39, 0.29) is 5.91 Å². The van der Waals surface area contributed by atoms with Crippen molar-refractivity contribution in [1.29, 1.82) is 0 Å². The van der Waals surface area contributed by atoms with Gasteiger partial charge in [0.2, 0.25) is 0 Å². The highest BCUT2D eigenvalue weighted by Gasteiger charge is 2.25. The highest BCUT2D eigenvalue weighted by Crippen LogP contribution is 2.35. The second-order valence-electron chi connectivity index (χ2n) is 8.18. The standard InChI is InChI=1S/C25H25N5O2/c1-29-12-9-19(15-29)21-14-23(30-16-26-10-8-22(21)30)17-3-5-18(6-4-17)25(31)28-24-13-20(32-2)7-11-27-24/h3-8,10-11,13-14,16,19H,9,12,15H2,1-2H3,(H,27,28,31). The van der Waals surface area contributed by atoms with Crippen LogP contribution < -0.4 is 10.1 Å². The second kappa shape index (κ2) is 8.43. The first-order chi connectivity index (χ1) is 15.6. The van der Waals surface area contributed by atoms with Crippen LogP contribution in [0.1, 0.15) is 28.3 Å². The molecular formula is C25H25N5O2. The number of ether oxygens (including phenoxy) is 1. The van der Waals surface area contributed by atoms with Crippen LogP contribution in [0.2, 0.25) is 0 Å². The van der Waals surface area contributed by atoms with Crippen LogP contribution in [0.5, 0.6) is 5.75 Å². The first-order valence-corrected chi connectivity index (χ1v) is 10.7. The zero-order chi connectivity index (χ0) is 22.1. The van der Waals surface area contributed by atoms with Gasteiger partial charge in [0.05, 0.1) is 24.6 Å². The predicted octanol–water partition coefficient (Wildman–Crippen LogP) is 4.08. The van der Waals surface area contributed by atoms with E-state index in [0.29, 0.717) is 23.0 Å². The smallest absolute Gasteiger partial charge is 0.256 e. The van der Waals surface area contributed by atoms with Gasteiger partial charge in [0.15, 0.2) is 0 Å². The molecule has 1 N–H and O–H groups in total. The Labute approximate surface area is 186 Å². The predicted molar refractivity (Wildman–Crippen MR) is 124 cm³/mol. The Bertz CT molecular complexity index is 1270. The molecule has 0 spiro atoms. The van der Waals surface area contributed by atoms with Gasteiger partial charge >= 0.3 is 0 Å². The molecule has 7 heteroatoms. The second-order valence-corrected chi connectivity index (χ2v) is 8.18. The Balaban J connectivity index is 1.42. The summed E-state index contributed by atoms with van der Waals surface area (Å²) in [7, 11) is 3.75. The molecule has 1 unspecified atom stereocenters. The van der Waals surface area contributed by atoms with Crippen molar-refractivity contribution in [2.45, 2.75) is 12.3 Å². The molecule has 0 bridgehead atoms. The molecule has 5 rings (SSSR count). The molecule has 1 aromatic carbocycles. The van der Waals surface area contributed by atoms with E-state index < -0.39 is 0 Å². The van der Waals surface area contributed by atoms with Gasteiger partial charge in [0, 0.05) is 30.6 Å². The van der Waals surface area contributed by atoms with Gasteiger partial charge in [-0.3, -0.25) is 4.79 Å².